The Hall–Kier alpha value is -1.34. The number of aromatic nitrogens is 2. The molecular formula is C18H22Cl2N4O2. The van der Waals surface area contributed by atoms with E-state index in [9.17, 15) is 0 Å². The molecule has 8 heteroatoms. The van der Waals surface area contributed by atoms with Crippen LogP contribution in [-0.4, -0.2) is 54.4 Å². The van der Waals surface area contributed by atoms with E-state index in [1.54, 1.807) is 0 Å². The first kappa shape index (κ1) is 18.0. The molecule has 1 aromatic heterocycles. The molecule has 1 aromatic carbocycles. The monoisotopic (exact) mass is 396 g/mol. The fourth-order valence-electron chi connectivity index (χ4n) is 3.53. The van der Waals surface area contributed by atoms with Gasteiger partial charge in [0.1, 0.15) is 0 Å². The molecule has 0 atom stereocenters. The molecule has 2 aliphatic heterocycles. The maximum absolute atomic E-state index is 6.34. The van der Waals surface area contributed by atoms with Gasteiger partial charge in [0.2, 0.25) is 5.89 Å². The number of halogens is 2. The lowest BCUT2D eigenvalue weighted by Crippen LogP contribution is -2.46. The molecule has 140 valence electrons. The van der Waals surface area contributed by atoms with E-state index >= 15 is 0 Å². The summed E-state index contributed by atoms with van der Waals surface area (Å²) in [6, 6.07) is 5.77. The predicted octanol–water partition coefficient (Wildman–Crippen LogP) is 3.59. The summed E-state index contributed by atoms with van der Waals surface area (Å²) in [5.41, 5.74) is 1.00. The topological polar surface area (TPSA) is 54.6 Å². The fourth-order valence-corrected chi connectivity index (χ4v) is 3.94. The highest BCUT2D eigenvalue weighted by Crippen LogP contribution is 2.33. The van der Waals surface area contributed by atoms with Crippen LogP contribution in [0.4, 0.5) is 5.69 Å². The third-order valence-electron chi connectivity index (χ3n) is 5.06. The maximum atomic E-state index is 6.34. The molecule has 2 aromatic rings. The molecular weight excluding hydrogens is 375 g/mol. The van der Waals surface area contributed by atoms with Crippen LogP contribution >= 0.6 is 23.2 Å². The van der Waals surface area contributed by atoms with E-state index in [0.717, 1.165) is 69.6 Å². The van der Waals surface area contributed by atoms with Crippen LogP contribution in [0.1, 0.15) is 30.5 Å². The largest absolute Gasteiger partial charge is 0.381 e. The molecule has 0 aliphatic carbocycles. The van der Waals surface area contributed by atoms with Crippen molar-refractivity contribution in [3.8, 4) is 0 Å². The minimum atomic E-state index is 0.340. The second-order valence-electron chi connectivity index (χ2n) is 6.77. The lowest BCUT2D eigenvalue weighted by Gasteiger charge is -2.36. The first-order chi connectivity index (χ1) is 12.7. The number of benzene rings is 1. The van der Waals surface area contributed by atoms with Gasteiger partial charge in [0, 0.05) is 45.3 Å². The average Bonchev–Trinajstić information content (AvgIpc) is 3.14. The third-order valence-corrected chi connectivity index (χ3v) is 5.87. The van der Waals surface area contributed by atoms with Crippen LogP contribution in [0.5, 0.6) is 0 Å². The zero-order valence-corrected chi connectivity index (χ0v) is 16.0. The van der Waals surface area contributed by atoms with Gasteiger partial charge in [-0.3, -0.25) is 4.90 Å². The van der Waals surface area contributed by atoms with Crippen molar-refractivity contribution in [1.29, 1.82) is 0 Å². The van der Waals surface area contributed by atoms with Gasteiger partial charge >= 0.3 is 0 Å². The minimum Gasteiger partial charge on any atom is -0.381 e. The molecule has 3 heterocycles. The smallest absolute Gasteiger partial charge is 0.229 e. The van der Waals surface area contributed by atoms with Crippen LogP contribution in [-0.2, 0) is 11.3 Å². The number of nitrogens with zero attached hydrogens (tertiary/aromatic N) is 4. The second kappa shape index (κ2) is 8.13. The summed E-state index contributed by atoms with van der Waals surface area (Å²) < 4.78 is 10.9. The normalized spacial score (nSPS) is 19.8. The van der Waals surface area contributed by atoms with Crippen LogP contribution in [0.3, 0.4) is 0 Å². The van der Waals surface area contributed by atoms with Gasteiger partial charge in [-0.2, -0.15) is 4.98 Å². The molecule has 6 nitrogen and oxygen atoms in total. The number of anilines is 1. The van der Waals surface area contributed by atoms with Gasteiger partial charge in [0.15, 0.2) is 5.82 Å². The lowest BCUT2D eigenvalue weighted by molar-refractivity contribution is 0.0778. The summed E-state index contributed by atoms with van der Waals surface area (Å²) in [6.07, 6.45) is 1.92. The van der Waals surface area contributed by atoms with Crippen LogP contribution in [0.2, 0.25) is 10.0 Å². The summed E-state index contributed by atoms with van der Waals surface area (Å²) in [6.45, 7) is 5.89. The van der Waals surface area contributed by atoms with Gasteiger partial charge < -0.3 is 14.2 Å². The average molecular weight is 397 g/mol. The zero-order chi connectivity index (χ0) is 17.9. The van der Waals surface area contributed by atoms with Crippen molar-refractivity contribution in [2.75, 3.05) is 44.3 Å². The van der Waals surface area contributed by atoms with Gasteiger partial charge in [-0.05, 0) is 25.0 Å². The summed E-state index contributed by atoms with van der Waals surface area (Å²) in [5.74, 6) is 1.86. The highest BCUT2D eigenvalue weighted by Gasteiger charge is 2.24. The molecule has 0 radical (unpaired) electrons. The van der Waals surface area contributed by atoms with E-state index in [4.69, 9.17) is 32.5 Å². The van der Waals surface area contributed by atoms with Gasteiger partial charge in [-0.15, -0.1) is 0 Å². The highest BCUT2D eigenvalue weighted by atomic mass is 35.5. The summed E-state index contributed by atoms with van der Waals surface area (Å²) >= 11 is 12.5. The van der Waals surface area contributed by atoms with E-state index in [1.807, 2.05) is 18.2 Å². The first-order valence-electron chi connectivity index (χ1n) is 9.02. The first-order valence-corrected chi connectivity index (χ1v) is 9.78. The lowest BCUT2D eigenvalue weighted by atomic mass is 10.0. The maximum Gasteiger partial charge on any atom is 0.229 e. The Kier molecular flexibility index (Phi) is 5.64. The van der Waals surface area contributed by atoms with Crippen molar-refractivity contribution in [2.45, 2.75) is 25.3 Å². The van der Waals surface area contributed by atoms with Crippen LogP contribution in [0.15, 0.2) is 22.7 Å². The molecule has 0 amide bonds. The SMILES string of the molecule is Clc1cccc(N2CCN(Cc3noc(C4CCOCC4)n3)CC2)c1Cl. The Morgan fingerprint density at radius 1 is 1.08 bits per heavy atom. The van der Waals surface area contributed by atoms with Crippen molar-refractivity contribution in [3.05, 3.63) is 40.0 Å². The van der Waals surface area contributed by atoms with Crippen molar-refractivity contribution in [2.24, 2.45) is 0 Å². The summed E-state index contributed by atoms with van der Waals surface area (Å²) in [4.78, 5) is 9.22. The summed E-state index contributed by atoms with van der Waals surface area (Å²) in [7, 11) is 0. The van der Waals surface area contributed by atoms with Gasteiger partial charge in [-0.1, -0.05) is 34.4 Å². The van der Waals surface area contributed by atoms with Gasteiger partial charge in [0.25, 0.3) is 0 Å². The fraction of sp³-hybridized carbons (Fsp3) is 0.556. The minimum absolute atomic E-state index is 0.340. The molecule has 2 aliphatic rings. The predicted molar refractivity (Wildman–Crippen MR) is 101 cm³/mol. The molecule has 2 saturated heterocycles. The Morgan fingerprint density at radius 3 is 2.62 bits per heavy atom. The van der Waals surface area contributed by atoms with Crippen molar-refractivity contribution >= 4 is 28.9 Å². The van der Waals surface area contributed by atoms with Crippen molar-refractivity contribution in [1.82, 2.24) is 15.0 Å². The molecule has 0 spiro atoms. The molecule has 4 rings (SSSR count). The van der Waals surface area contributed by atoms with Crippen molar-refractivity contribution in [3.63, 3.8) is 0 Å². The van der Waals surface area contributed by atoms with Crippen LogP contribution < -0.4 is 4.90 Å². The number of piperazine rings is 1. The number of ether oxygens (including phenoxy) is 1. The van der Waals surface area contributed by atoms with Crippen LogP contribution in [0, 0.1) is 0 Å². The second-order valence-corrected chi connectivity index (χ2v) is 7.56. The van der Waals surface area contributed by atoms with E-state index in [1.165, 1.54) is 0 Å². The molecule has 0 bridgehead atoms. The Bertz CT molecular complexity index is 741. The molecule has 0 unspecified atom stereocenters. The highest BCUT2D eigenvalue weighted by molar-refractivity contribution is 6.43. The molecule has 26 heavy (non-hydrogen) atoms. The van der Waals surface area contributed by atoms with E-state index in [0.29, 0.717) is 22.5 Å². The Balaban J connectivity index is 1.33. The van der Waals surface area contributed by atoms with E-state index < -0.39 is 0 Å². The van der Waals surface area contributed by atoms with E-state index in [2.05, 4.69) is 19.9 Å². The number of hydrogen-bond donors (Lipinski definition) is 0. The van der Waals surface area contributed by atoms with Crippen LogP contribution in [0.25, 0.3) is 0 Å². The number of rotatable bonds is 4. The molecule has 0 saturated carbocycles. The number of hydrogen-bond acceptors (Lipinski definition) is 6. The summed E-state index contributed by atoms with van der Waals surface area (Å²) in [5, 5.41) is 5.39. The third kappa shape index (κ3) is 3.98. The van der Waals surface area contributed by atoms with Gasteiger partial charge in [-0.25, -0.2) is 0 Å². The Labute approximate surface area is 163 Å². The molecule has 2 fully saturated rings. The zero-order valence-electron chi connectivity index (χ0n) is 14.5. The van der Waals surface area contributed by atoms with E-state index in [-0.39, 0.29) is 0 Å². The standard InChI is InChI=1S/C18H22Cl2N4O2/c19-14-2-1-3-15(17(14)20)24-8-6-23(7-9-24)12-16-21-18(26-22-16)13-4-10-25-11-5-13/h1-3,13H,4-12H2. The van der Waals surface area contributed by atoms with Crippen molar-refractivity contribution < 1.29 is 9.26 Å². The van der Waals surface area contributed by atoms with Gasteiger partial charge in [0.05, 0.1) is 22.3 Å². The molecule has 0 N–H and O–H groups in total. The Morgan fingerprint density at radius 2 is 1.85 bits per heavy atom. The quantitative estimate of drug-likeness (QED) is 0.786.